The van der Waals surface area contributed by atoms with Crippen molar-refractivity contribution in [3.63, 3.8) is 0 Å². The topological polar surface area (TPSA) is 104 Å². The summed E-state index contributed by atoms with van der Waals surface area (Å²) in [4.78, 5) is 7.74. The highest BCUT2D eigenvalue weighted by Gasteiger charge is 2.08. The van der Waals surface area contributed by atoms with Gasteiger partial charge in [-0.15, -0.1) is 0 Å². The molecular weight excluding hydrogens is 184 g/mol. The number of hydrogen-bond donors (Lipinski definition) is 4. The van der Waals surface area contributed by atoms with E-state index in [0.29, 0.717) is 5.82 Å². The summed E-state index contributed by atoms with van der Waals surface area (Å²) in [7, 11) is 0. The summed E-state index contributed by atoms with van der Waals surface area (Å²) in [5, 5.41) is 20.6. The van der Waals surface area contributed by atoms with Gasteiger partial charge in [-0.2, -0.15) is 4.98 Å². The van der Waals surface area contributed by atoms with Crippen LogP contribution in [-0.4, -0.2) is 39.4 Å². The number of nitrogens with zero attached hydrogens (tertiary/aromatic N) is 2. The van der Waals surface area contributed by atoms with Crippen LogP contribution in [0.3, 0.4) is 0 Å². The van der Waals surface area contributed by atoms with Crippen LogP contribution in [0, 0.1) is 6.92 Å². The summed E-state index contributed by atoms with van der Waals surface area (Å²) in [5.41, 5.74) is 6.21. The van der Waals surface area contributed by atoms with Crippen molar-refractivity contribution >= 4 is 11.8 Å². The summed E-state index contributed by atoms with van der Waals surface area (Å²) in [6.07, 6.45) is 1.58. The lowest BCUT2D eigenvalue weighted by Gasteiger charge is -2.15. The first kappa shape index (κ1) is 10.7. The van der Waals surface area contributed by atoms with Crippen LogP contribution in [0.5, 0.6) is 0 Å². The van der Waals surface area contributed by atoms with Crippen molar-refractivity contribution in [2.45, 2.75) is 13.0 Å². The minimum Gasteiger partial charge on any atom is -0.394 e. The highest BCUT2D eigenvalue weighted by atomic mass is 16.3. The van der Waals surface area contributed by atoms with Crippen LogP contribution in [0.15, 0.2) is 6.20 Å². The fourth-order valence-electron chi connectivity index (χ4n) is 0.944. The molecule has 6 heteroatoms. The average Bonchev–Trinajstić information content (AvgIpc) is 2.19. The Labute approximate surface area is 81.8 Å². The minimum atomic E-state index is -0.428. The highest BCUT2D eigenvalue weighted by Crippen LogP contribution is 2.11. The van der Waals surface area contributed by atoms with Crippen molar-refractivity contribution < 1.29 is 10.2 Å². The monoisotopic (exact) mass is 198 g/mol. The maximum atomic E-state index is 8.85. The number of anilines is 2. The van der Waals surface area contributed by atoms with Gasteiger partial charge in [-0.25, -0.2) is 4.98 Å². The molecule has 0 aliphatic rings. The zero-order valence-electron chi connectivity index (χ0n) is 7.94. The molecule has 6 nitrogen and oxygen atoms in total. The number of aliphatic hydroxyl groups excluding tert-OH is 2. The Morgan fingerprint density at radius 3 is 2.71 bits per heavy atom. The fraction of sp³-hybridized carbons (Fsp3) is 0.500. The van der Waals surface area contributed by atoms with Gasteiger partial charge in [0.25, 0.3) is 0 Å². The molecule has 0 fully saturated rings. The number of nitrogens with one attached hydrogen (secondary N) is 1. The first-order valence-electron chi connectivity index (χ1n) is 4.24. The van der Waals surface area contributed by atoms with E-state index in [1.54, 1.807) is 6.20 Å². The molecule has 1 aromatic heterocycles. The molecule has 0 aromatic carbocycles. The predicted octanol–water partition coefficient (Wildman–Crippen LogP) is -0.868. The Hall–Kier alpha value is -1.40. The van der Waals surface area contributed by atoms with Crippen LogP contribution in [-0.2, 0) is 0 Å². The molecule has 14 heavy (non-hydrogen) atoms. The van der Waals surface area contributed by atoms with Gasteiger partial charge >= 0.3 is 0 Å². The first-order chi connectivity index (χ1) is 6.67. The van der Waals surface area contributed by atoms with Gasteiger partial charge in [0.1, 0.15) is 5.82 Å². The summed E-state index contributed by atoms with van der Waals surface area (Å²) in [6, 6.07) is -0.428. The molecule has 1 heterocycles. The van der Waals surface area contributed by atoms with Crippen LogP contribution < -0.4 is 11.1 Å². The van der Waals surface area contributed by atoms with Gasteiger partial charge in [0.2, 0.25) is 5.95 Å². The molecule has 1 aromatic rings. The number of aryl methyl sites for hydroxylation is 1. The number of hydrogen-bond acceptors (Lipinski definition) is 6. The number of aliphatic hydroxyl groups is 2. The summed E-state index contributed by atoms with van der Waals surface area (Å²) in [5.74, 6) is 0.693. The lowest BCUT2D eigenvalue weighted by Crippen LogP contribution is -2.28. The molecule has 5 N–H and O–H groups in total. The molecule has 78 valence electrons. The molecule has 0 amide bonds. The second-order valence-corrected chi connectivity index (χ2v) is 2.97. The average molecular weight is 198 g/mol. The number of rotatable bonds is 4. The van der Waals surface area contributed by atoms with Gasteiger partial charge in [0, 0.05) is 11.8 Å². The van der Waals surface area contributed by atoms with Crippen LogP contribution in [0.2, 0.25) is 0 Å². The van der Waals surface area contributed by atoms with E-state index in [4.69, 9.17) is 15.9 Å². The molecule has 0 spiro atoms. The lowest BCUT2D eigenvalue weighted by atomic mass is 10.3. The highest BCUT2D eigenvalue weighted by molar-refractivity contribution is 5.45. The maximum Gasteiger partial charge on any atom is 0.221 e. The zero-order valence-corrected chi connectivity index (χ0v) is 7.94. The second-order valence-electron chi connectivity index (χ2n) is 2.97. The Kier molecular flexibility index (Phi) is 3.61. The van der Waals surface area contributed by atoms with E-state index in [1.807, 2.05) is 6.92 Å². The van der Waals surface area contributed by atoms with E-state index in [-0.39, 0.29) is 19.2 Å². The van der Waals surface area contributed by atoms with Crippen molar-refractivity contribution in [1.82, 2.24) is 9.97 Å². The lowest BCUT2D eigenvalue weighted by molar-refractivity contribution is 0.203. The van der Waals surface area contributed by atoms with Crippen LogP contribution in [0.1, 0.15) is 5.56 Å². The minimum absolute atomic E-state index is 0.160. The van der Waals surface area contributed by atoms with Crippen molar-refractivity contribution in [2.75, 3.05) is 24.3 Å². The Morgan fingerprint density at radius 1 is 1.50 bits per heavy atom. The largest absolute Gasteiger partial charge is 0.394 e. The van der Waals surface area contributed by atoms with Crippen LogP contribution in [0.4, 0.5) is 11.8 Å². The van der Waals surface area contributed by atoms with Gasteiger partial charge in [0.15, 0.2) is 0 Å². The molecule has 1 rings (SSSR count). The summed E-state index contributed by atoms with van der Waals surface area (Å²) >= 11 is 0. The maximum absolute atomic E-state index is 8.85. The van der Waals surface area contributed by atoms with E-state index >= 15 is 0 Å². The molecule has 0 saturated heterocycles. The zero-order chi connectivity index (χ0) is 10.6. The predicted molar refractivity (Wildman–Crippen MR) is 52.8 cm³/mol. The molecule has 0 aliphatic heterocycles. The third-order valence-electron chi connectivity index (χ3n) is 1.77. The fourth-order valence-corrected chi connectivity index (χ4v) is 0.944. The van der Waals surface area contributed by atoms with Gasteiger partial charge in [-0.05, 0) is 6.92 Å². The number of aromatic nitrogens is 2. The Balaban J connectivity index is 2.79. The SMILES string of the molecule is Cc1cnc(N)nc1NC(CO)CO. The van der Waals surface area contributed by atoms with Crippen LogP contribution in [0.25, 0.3) is 0 Å². The normalized spacial score (nSPS) is 10.6. The van der Waals surface area contributed by atoms with Gasteiger partial charge < -0.3 is 21.3 Å². The van der Waals surface area contributed by atoms with Crippen molar-refractivity contribution in [1.29, 1.82) is 0 Å². The third kappa shape index (κ3) is 2.54. The van der Waals surface area contributed by atoms with Gasteiger partial charge in [-0.1, -0.05) is 0 Å². The first-order valence-corrected chi connectivity index (χ1v) is 4.24. The third-order valence-corrected chi connectivity index (χ3v) is 1.77. The molecule has 0 atom stereocenters. The Bertz CT molecular complexity index is 301. The van der Waals surface area contributed by atoms with E-state index in [0.717, 1.165) is 5.56 Å². The molecule has 0 saturated carbocycles. The van der Waals surface area contributed by atoms with E-state index < -0.39 is 6.04 Å². The summed E-state index contributed by atoms with van der Waals surface area (Å²) < 4.78 is 0. The Morgan fingerprint density at radius 2 is 2.14 bits per heavy atom. The van der Waals surface area contributed by atoms with Crippen molar-refractivity contribution in [2.24, 2.45) is 0 Å². The van der Waals surface area contributed by atoms with Gasteiger partial charge in [-0.3, -0.25) is 0 Å². The number of nitrogens with two attached hydrogens (primary N) is 1. The van der Waals surface area contributed by atoms with Crippen LogP contribution >= 0.6 is 0 Å². The van der Waals surface area contributed by atoms with Crippen molar-refractivity contribution in [3.05, 3.63) is 11.8 Å². The quantitative estimate of drug-likeness (QED) is 0.501. The molecule has 0 aliphatic carbocycles. The molecule has 0 radical (unpaired) electrons. The molecule has 0 bridgehead atoms. The smallest absolute Gasteiger partial charge is 0.221 e. The molecular formula is C8H14N4O2. The summed E-state index contributed by atoms with van der Waals surface area (Å²) in [6.45, 7) is 1.48. The van der Waals surface area contributed by atoms with Crippen molar-refractivity contribution in [3.8, 4) is 0 Å². The van der Waals surface area contributed by atoms with E-state index in [9.17, 15) is 0 Å². The standard InChI is InChI=1S/C8H14N4O2/c1-5-2-10-8(9)12-7(5)11-6(3-13)4-14/h2,6,13-14H,3-4H2,1H3,(H3,9,10,11,12). The second kappa shape index (κ2) is 4.73. The van der Waals surface area contributed by atoms with E-state index in [2.05, 4.69) is 15.3 Å². The molecule has 0 unspecified atom stereocenters. The number of nitrogen functional groups attached to an aromatic ring is 1. The van der Waals surface area contributed by atoms with Gasteiger partial charge in [0.05, 0.1) is 19.3 Å². The van der Waals surface area contributed by atoms with E-state index in [1.165, 1.54) is 0 Å².